The van der Waals surface area contributed by atoms with Crippen molar-refractivity contribution < 1.29 is 0 Å². The highest BCUT2D eigenvalue weighted by Crippen LogP contribution is 2.08. The second kappa shape index (κ2) is 5.88. The summed E-state index contributed by atoms with van der Waals surface area (Å²) in [6.07, 6.45) is 2.13. The maximum atomic E-state index is 5.57. The van der Waals surface area contributed by atoms with Gasteiger partial charge in [-0.1, -0.05) is 6.92 Å². The average Bonchev–Trinajstić information content (AvgIpc) is 2.59. The number of nitrogens with zero attached hydrogens (tertiary/aromatic N) is 3. The fourth-order valence-corrected chi connectivity index (χ4v) is 1.65. The Balaban J connectivity index is 2.65. The van der Waals surface area contributed by atoms with Crippen LogP contribution in [0.5, 0.6) is 0 Å². The lowest BCUT2D eigenvalue weighted by Gasteiger charge is -2.18. The van der Waals surface area contributed by atoms with E-state index >= 15 is 0 Å². The summed E-state index contributed by atoms with van der Waals surface area (Å²) >= 11 is 0. The predicted molar refractivity (Wildman–Crippen MR) is 62.6 cm³/mol. The molecule has 0 bridgehead atoms. The highest BCUT2D eigenvalue weighted by Gasteiger charge is 2.08. The molecular weight excluding hydrogens is 188 g/mol. The van der Waals surface area contributed by atoms with Crippen molar-refractivity contribution in [1.29, 1.82) is 0 Å². The zero-order valence-electron chi connectivity index (χ0n) is 10.0. The molecule has 0 aliphatic heterocycles. The molecule has 1 heterocycles. The zero-order chi connectivity index (χ0) is 11.3. The minimum atomic E-state index is 0.717. The third-order valence-corrected chi connectivity index (χ3v) is 2.66. The molecule has 0 amide bonds. The summed E-state index contributed by atoms with van der Waals surface area (Å²) in [4.78, 5) is 2.34. The first-order valence-electron chi connectivity index (χ1n) is 5.66. The smallest absolute Gasteiger partial charge is 0.0638 e. The van der Waals surface area contributed by atoms with E-state index in [-0.39, 0.29) is 0 Å². The number of hydrogen-bond acceptors (Lipinski definition) is 3. The van der Waals surface area contributed by atoms with Crippen molar-refractivity contribution in [3.63, 3.8) is 0 Å². The van der Waals surface area contributed by atoms with Crippen LogP contribution in [0.1, 0.15) is 25.1 Å². The molecule has 0 aliphatic carbocycles. The average molecular weight is 210 g/mol. The Hall–Kier alpha value is -0.870. The van der Waals surface area contributed by atoms with E-state index in [4.69, 9.17) is 5.73 Å². The Kier molecular flexibility index (Phi) is 4.78. The van der Waals surface area contributed by atoms with Crippen LogP contribution in [0, 0.1) is 6.92 Å². The first-order chi connectivity index (χ1) is 7.21. The Morgan fingerprint density at radius 1 is 1.47 bits per heavy atom. The van der Waals surface area contributed by atoms with E-state index in [2.05, 4.69) is 37.0 Å². The van der Waals surface area contributed by atoms with Gasteiger partial charge in [0.2, 0.25) is 0 Å². The number of hydrogen-bond donors (Lipinski definition) is 1. The molecule has 4 heteroatoms. The van der Waals surface area contributed by atoms with Crippen LogP contribution in [0.3, 0.4) is 0 Å². The van der Waals surface area contributed by atoms with Crippen molar-refractivity contribution in [1.82, 2.24) is 14.7 Å². The molecule has 0 aliphatic rings. The normalized spacial score (nSPS) is 11.3. The van der Waals surface area contributed by atoms with Gasteiger partial charge >= 0.3 is 0 Å². The summed E-state index contributed by atoms with van der Waals surface area (Å²) in [5, 5.41) is 4.44. The predicted octanol–water partition coefficient (Wildman–Crippen LogP) is 0.992. The van der Waals surface area contributed by atoms with Gasteiger partial charge in [0.15, 0.2) is 0 Å². The largest absolute Gasteiger partial charge is 0.329 e. The van der Waals surface area contributed by atoms with Crippen molar-refractivity contribution in [2.75, 3.05) is 19.6 Å². The minimum absolute atomic E-state index is 0.717. The molecule has 1 aromatic heterocycles. The second-order valence-electron chi connectivity index (χ2n) is 3.75. The van der Waals surface area contributed by atoms with Crippen molar-refractivity contribution in [2.45, 2.75) is 33.9 Å². The maximum Gasteiger partial charge on any atom is 0.0638 e. The van der Waals surface area contributed by atoms with Crippen LogP contribution in [-0.4, -0.2) is 34.3 Å². The Morgan fingerprint density at radius 2 is 2.20 bits per heavy atom. The van der Waals surface area contributed by atoms with Gasteiger partial charge in [0.05, 0.1) is 5.69 Å². The van der Waals surface area contributed by atoms with Crippen LogP contribution in [0.4, 0.5) is 0 Å². The minimum Gasteiger partial charge on any atom is -0.329 e. The van der Waals surface area contributed by atoms with Gasteiger partial charge < -0.3 is 5.73 Å². The molecule has 4 nitrogen and oxygen atoms in total. The van der Waals surface area contributed by atoms with Gasteiger partial charge in [0, 0.05) is 37.9 Å². The molecule has 0 saturated carbocycles. The van der Waals surface area contributed by atoms with Crippen molar-refractivity contribution in [2.24, 2.45) is 5.73 Å². The van der Waals surface area contributed by atoms with Gasteiger partial charge in [-0.2, -0.15) is 5.10 Å². The highest BCUT2D eigenvalue weighted by atomic mass is 15.3. The van der Waals surface area contributed by atoms with E-state index in [0.717, 1.165) is 38.4 Å². The summed E-state index contributed by atoms with van der Waals surface area (Å²) in [6, 6.07) is 0. The third kappa shape index (κ3) is 3.32. The van der Waals surface area contributed by atoms with Crippen LogP contribution in [0.2, 0.25) is 0 Å². The van der Waals surface area contributed by atoms with Crippen molar-refractivity contribution in [3.05, 3.63) is 17.5 Å². The number of aryl methyl sites for hydroxylation is 2. The van der Waals surface area contributed by atoms with Gasteiger partial charge in [-0.15, -0.1) is 0 Å². The van der Waals surface area contributed by atoms with Crippen LogP contribution in [0.15, 0.2) is 6.20 Å². The quantitative estimate of drug-likeness (QED) is 0.761. The topological polar surface area (TPSA) is 47.1 Å². The molecule has 15 heavy (non-hydrogen) atoms. The molecule has 0 aromatic carbocycles. The molecule has 0 fully saturated rings. The molecule has 0 spiro atoms. The van der Waals surface area contributed by atoms with Crippen LogP contribution < -0.4 is 5.73 Å². The molecular formula is C11H22N4. The van der Waals surface area contributed by atoms with E-state index in [9.17, 15) is 0 Å². The zero-order valence-corrected chi connectivity index (χ0v) is 10.0. The Labute approximate surface area is 92.1 Å². The Morgan fingerprint density at radius 3 is 2.67 bits per heavy atom. The van der Waals surface area contributed by atoms with E-state index in [0.29, 0.717) is 0 Å². The number of aromatic nitrogens is 2. The van der Waals surface area contributed by atoms with Crippen LogP contribution in [0.25, 0.3) is 0 Å². The first kappa shape index (κ1) is 12.2. The molecule has 0 radical (unpaired) electrons. The summed E-state index contributed by atoms with van der Waals surface area (Å²) in [6.45, 7) is 10.9. The fraction of sp³-hybridized carbons (Fsp3) is 0.727. The van der Waals surface area contributed by atoms with E-state index < -0.39 is 0 Å². The van der Waals surface area contributed by atoms with Crippen LogP contribution in [-0.2, 0) is 13.1 Å². The summed E-state index contributed by atoms with van der Waals surface area (Å²) in [7, 11) is 0. The standard InChI is InChI=1S/C11H22N4/c1-4-14(7-6-12)8-11-9-15(5-2)13-10(11)3/h9H,4-8,12H2,1-3H3. The van der Waals surface area contributed by atoms with Crippen molar-refractivity contribution in [3.8, 4) is 0 Å². The lowest BCUT2D eigenvalue weighted by molar-refractivity contribution is 0.287. The maximum absolute atomic E-state index is 5.57. The SMILES string of the molecule is CCN(CCN)Cc1cn(CC)nc1C. The fourth-order valence-electron chi connectivity index (χ4n) is 1.65. The lowest BCUT2D eigenvalue weighted by atomic mass is 10.2. The van der Waals surface area contributed by atoms with Gasteiger partial charge in [-0.05, 0) is 20.4 Å². The van der Waals surface area contributed by atoms with E-state index in [1.807, 2.05) is 4.68 Å². The highest BCUT2D eigenvalue weighted by molar-refractivity contribution is 5.15. The molecule has 0 unspecified atom stereocenters. The monoisotopic (exact) mass is 210 g/mol. The summed E-state index contributed by atoms with van der Waals surface area (Å²) in [5.74, 6) is 0. The lowest BCUT2D eigenvalue weighted by Crippen LogP contribution is -2.28. The first-order valence-corrected chi connectivity index (χ1v) is 5.66. The molecule has 0 saturated heterocycles. The van der Waals surface area contributed by atoms with Gasteiger partial charge in [0.25, 0.3) is 0 Å². The van der Waals surface area contributed by atoms with Crippen LogP contribution >= 0.6 is 0 Å². The molecule has 1 rings (SSSR count). The molecule has 86 valence electrons. The summed E-state index contributed by atoms with van der Waals surface area (Å²) < 4.78 is 1.99. The van der Waals surface area contributed by atoms with Gasteiger partial charge in [0.1, 0.15) is 0 Å². The molecule has 1 aromatic rings. The second-order valence-corrected chi connectivity index (χ2v) is 3.75. The van der Waals surface area contributed by atoms with Gasteiger partial charge in [-0.3, -0.25) is 9.58 Å². The number of rotatable bonds is 6. The third-order valence-electron chi connectivity index (χ3n) is 2.66. The molecule has 2 N–H and O–H groups in total. The number of likely N-dealkylation sites (N-methyl/N-ethyl adjacent to an activating group) is 1. The van der Waals surface area contributed by atoms with E-state index in [1.54, 1.807) is 0 Å². The Bertz CT molecular complexity index is 293. The molecule has 0 atom stereocenters. The van der Waals surface area contributed by atoms with E-state index in [1.165, 1.54) is 5.56 Å². The van der Waals surface area contributed by atoms with Gasteiger partial charge in [-0.25, -0.2) is 0 Å². The van der Waals surface area contributed by atoms with Crippen molar-refractivity contribution >= 4 is 0 Å². The summed E-state index contributed by atoms with van der Waals surface area (Å²) in [5.41, 5.74) is 8.01. The number of nitrogens with two attached hydrogens (primary N) is 1.